The largest absolute Gasteiger partial charge is 0.241 e. The molecule has 2 rings (SSSR count). The summed E-state index contributed by atoms with van der Waals surface area (Å²) in [6, 6.07) is 10.3. The minimum Gasteiger partial charge on any atom is -0.241 e. The van der Waals surface area contributed by atoms with Gasteiger partial charge in [-0.2, -0.15) is 0 Å². The molecule has 82 valence electrons. The maximum absolute atomic E-state index is 4.39. The standard InChI is InChI=1S/C13H13BrN2/c1-10-8-9-15-13(16-10)7-4-11-2-5-12(14)6-3-11/h2-3,5-6,8-9H,4,7H2,1H3. The Kier molecular flexibility index (Phi) is 3.67. The van der Waals surface area contributed by atoms with E-state index < -0.39 is 0 Å². The average Bonchev–Trinajstić information content (AvgIpc) is 2.28. The first-order chi connectivity index (χ1) is 7.74. The molecule has 0 amide bonds. The zero-order valence-electron chi connectivity index (χ0n) is 9.15. The van der Waals surface area contributed by atoms with Crippen molar-refractivity contribution in [1.29, 1.82) is 0 Å². The maximum Gasteiger partial charge on any atom is 0.128 e. The highest BCUT2D eigenvalue weighted by molar-refractivity contribution is 9.10. The van der Waals surface area contributed by atoms with Crippen LogP contribution in [-0.4, -0.2) is 9.97 Å². The van der Waals surface area contributed by atoms with E-state index in [1.165, 1.54) is 5.56 Å². The summed E-state index contributed by atoms with van der Waals surface area (Å²) in [5.74, 6) is 0.919. The Morgan fingerprint density at radius 1 is 1.06 bits per heavy atom. The first-order valence-electron chi connectivity index (χ1n) is 5.27. The van der Waals surface area contributed by atoms with Crippen LogP contribution in [0.1, 0.15) is 17.1 Å². The van der Waals surface area contributed by atoms with Crippen molar-refractivity contribution in [2.24, 2.45) is 0 Å². The lowest BCUT2D eigenvalue weighted by Gasteiger charge is -2.01. The highest BCUT2D eigenvalue weighted by atomic mass is 79.9. The summed E-state index contributed by atoms with van der Waals surface area (Å²) in [7, 11) is 0. The molecule has 0 aliphatic heterocycles. The van der Waals surface area contributed by atoms with Crippen molar-refractivity contribution in [3.8, 4) is 0 Å². The van der Waals surface area contributed by atoms with Crippen LogP contribution >= 0.6 is 15.9 Å². The Balaban J connectivity index is 1.99. The number of aryl methyl sites for hydroxylation is 3. The van der Waals surface area contributed by atoms with Crippen molar-refractivity contribution in [2.45, 2.75) is 19.8 Å². The summed E-state index contributed by atoms with van der Waals surface area (Å²) in [4.78, 5) is 8.64. The Labute approximate surface area is 104 Å². The maximum atomic E-state index is 4.39. The molecule has 0 spiro atoms. The van der Waals surface area contributed by atoms with E-state index in [1.54, 1.807) is 0 Å². The number of aromatic nitrogens is 2. The summed E-state index contributed by atoms with van der Waals surface area (Å²) in [5, 5.41) is 0. The van der Waals surface area contributed by atoms with Crippen LogP contribution in [-0.2, 0) is 12.8 Å². The van der Waals surface area contributed by atoms with Gasteiger partial charge >= 0.3 is 0 Å². The third-order valence-electron chi connectivity index (χ3n) is 2.40. The van der Waals surface area contributed by atoms with Gasteiger partial charge in [-0.3, -0.25) is 0 Å². The van der Waals surface area contributed by atoms with Crippen molar-refractivity contribution in [3.05, 3.63) is 58.1 Å². The average molecular weight is 277 g/mol. The normalized spacial score (nSPS) is 10.4. The molecule has 0 bridgehead atoms. The van der Waals surface area contributed by atoms with Gasteiger partial charge in [0, 0.05) is 22.8 Å². The van der Waals surface area contributed by atoms with E-state index >= 15 is 0 Å². The van der Waals surface area contributed by atoms with Crippen LogP contribution in [0.2, 0.25) is 0 Å². The van der Waals surface area contributed by atoms with Gasteiger partial charge in [-0.05, 0) is 37.1 Å². The van der Waals surface area contributed by atoms with Gasteiger partial charge in [0.15, 0.2) is 0 Å². The highest BCUT2D eigenvalue weighted by Gasteiger charge is 1.98. The molecule has 0 radical (unpaired) electrons. The molecule has 0 saturated heterocycles. The Bertz CT molecular complexity index is 466. The van der Waals surface area contributed by atoms with Crippen LogP contribution in [0.15, 0.2) is 41.0 Å². The smallest absolute Gasteiger partial charge is 0.128 e. The minimum absolute atomic E-state index is 0.892. The molecule has 2 nitrogen and oxygen atoms in total. The number of rotatable bonds is 3. The van der Waals surface area contributed by atoms with Gasteiger partial charge in [-0.25, -0.2) is 9.97 Å². The summed E-state index contributed by atoms with van der Waals surface area (Å²) in [6.07, 6.45) is 3.69. The molecular formula is C13H13BrN2. The first kappa shape index (κ1) is 11.3. The predicted octanol–water partition coefficient (Wildman–Crippen LogP) is 3.33. The Morgan fingerprint density at radius 3 is 2.50 bits per heavy atom. The molecule has 16 heavy (non-hydrogen) atoms. The lowest BCUT2D eigenvalue weighted by Crippen LogP contribution is -1.98. The third-order valence-corrected chi connectivity index (χ3v) is 2.92. The van der Waals surface area contributed by atoms with E-state index in [0.717, 1.165) is 28.8 Å². The van der Waals surface area contributed by atoms with Gasteiger partial charge in [0.25, 0.3) is 0 Å². The van der Waals surface area contributed by atoms with Crippen LogP contribution in [0.5, 0.6) is 0 Å². The van der Waals surface area contributed by atoms with Crippen LogP contribution in [0.3, 0.4) is 0 Å². The molecular weight excluding hydrogens is 264 g/mol. The number of hydrogen-bond acceptors (Lipinski definition) is 2. The zero-order chi connectivity index (χ0) is 11.4. The molecule has 1 heterocycles. The Hall–Kier alpha value is -1.22. The van der Waals surface area contributed by atoms with E-state index in [1.807, 2.05) is 19.2 Å². The van der Waals surface area contributed by atoms with Crippen molar-refractivity contribution in [3.63, 3.8) is 0 Å². The number of halogens is 1. The molecule has 0 saturated carbocycles. The minimum atomic E-state index is 0.892. The number of benzene rings is 1. The second-order valence-electron chi connectivity index (χ2n) is 3.74. The van der Waals surface area contributed by atoms with Crippen LogP contribution < -0.4 is 0 Å². The second kappa shape index (κ2) is 5.21. The van der Waals surface area contributed by atoms with E-state index in [2.05, 4.69) is 50.2 Å². The molecule has 1 aromatic heterocycles. The van der Waals surface area contributed by atoms with Crippen LogP contribution in [0.25, 0.3) is 0 Å². The van der Waals surface area contributed by atoms with Crippen molar-refractivity contribution >= 4 is 15.9 Å². The molecule has 0 fully saturated rings. The van der Waals surface area contributed by atoms with Gasteiger partial charge in [0.1, 0.15) is 5.82 Å². The van der Waals surface area contributed by atoms with Crippen molar-refractivity contribution in [1.82, 2.24) is 9.97 Å². The summed E-state index contributed by atoms with van der Waals surface area (Å²) < 4.78 is 1.11. The third kappa shape index (κ3) is 3.14. The molecule has 1 aromatic carbocycles. The van der Waals surface area contributed by atoms with Crippen LogP contribution in [0.4, 0.5) is 0 Å². The molecule has 2 aromatic rings. The fraction of sp³-hybridized carbons (Fsp3) is 0.231. The van der Waals surface area contributed by atoms with Gasteiger partial charge in [0.05, 0.1) is 0 Å². The van der Waals surface area contributed by atoms with E-state index in [4.69, 9.17) is 0 Å². The molecule has 0 N–H and O–H groups in total. The molecule has 0 unspecified atom stereocenters. The lowest BCUT2D eigenvalue weighted by molar-refractivity contribution is 0.846. The highest BCUT2D eigenvalue weighted by Crippen LogP contribution is 2.11. The van der Waals surface area contributed by atoms with Gasteiger partial charge in [0.2, 0.25) is 0 Å². The van der Waals surface area contributed by atoms with E-state index in [-0.39, 0.29) is 0 Å². The second-order valence-corrected chi connectivity index (χ2v) is 4.66. The monoisotopic (exact) mass is 276 g/mol. The fourth-order valence-electron chi connectivity index (χ4n) is 1.53. The van der Waals surface area contributed by atoms with Crippen molar-refractivity contribution < 1.29 is 0 Å². The zero-order valence-corrected chi connectivity index (χ0v) is 10.7. The van der Waals surface area contributed by atoms with E-state index in [0.29, 0.717) is 0 Å². The van der Waals surface area contributed by atoms with Gasteiger partial charge < -0.3 is 0 Å². The summed E-state index contributed by atoms with van der Waals surface area (Å²) in [6.45, 7) is 1.99. The number of nitrogens with zero attached hydrogens (tertiary/aromatic N) is 2. The predicted molar refractivity (Wildman–Crippen MR) is 68.3 cm³/mol. The molecule has 3 heteroatoms. The van der Waals surface area contributed by atoms with E-state index in [9.17, 15) is 0 Å². The summed E-state index contributed by atoms with van der Waals surface area (Å²) in [5.41, 5.74) is 2.34. The topological polar surface area (TPSA) is 25.8 Å². The fourth-order valence-corrected chi connectivity index (χ4v) is 1.79. The quantitative estimate of drug-likeness (QED) is 0.860. The lowest BCUT2D eigenvalue weighted by atomic mass is 10.1. The first-order valence-corrected chi connectivity index (χ1v) is 6.06. The van der Waals surface area contributed by atoms with Crippen LogP contribution in [0, 0.1) is 6.92 Å². The van der Waals surface area contributed by atoms with Gasteiger partial charge in [-0.1, -0.05) is 28.1 Å². The van der Waals surface area contributed by atoms with Gasteiger partial charge in [-0.15, -0.1) is 0 Å². The molecule has 0 aliphatic rings. The molecule has 0 aliphatic carbocycles. The summed E-state index contributed by atoms with van der Waals surface area (Å²) >= 11 is 3.43. The number of hydrogen-bond donors (Lipinski definition) is 0. The SMILES string of the molecule is Cc1ccnc(CCc2ccc(Br)cc2)n1. The van der Waals surface area contributed by atoms with Crippen molar-refractivity contribution in [2.75, 3.05) is 0 Å². The molecule has 0 atom stereocenters. The Morgan fingerprint density at radius 2 is 1.81 bits per heavy atom.